The van der Waals surface area contributed by atoms with Crippen molar-refractivity contribution >= 4 is 27.5 Å². The van der Waals surface area contributed by atoms with Crippen LogP contribution in [0.1, 0.15) is 25.0 Å². The number of carbonyl (C=O) groups is 2. The number of aliphatic hydroxyl groups excluding tert-OH is 1. The van der Waals surface area contributed by atoms with E-state index in [1.165, 1.54) is 22.4 Å². The molecule has 41 heavy (non-hydrogen) atoms. The highest BCUT2D eigenvalue weighted by atomic mass is 32.2. The Balaban J connectivity index is 1.62. The van der Waals surface area contributed by atoms with Gasteiger partial charge in [-0.25, -0.2) is 13.1 Å². The van der Waals surface area contributed by atoms with E-state index in [-0.39, 0.29) is 55.3 Å². The number of hydrogen-bond donors (Lipinski definition) is 2. The lowest BCUT2D eigenvalue weighted by molar-refractivity contribution is -0.134. The standard InChI is InChI=1S/C27H35N7O6S/c1-18-5-8-23(9-6-18)41(38,39)32(4)14-25-19(2)13-34(20(3)16-35)27(37)12-21-11-22(7-10-24(21)40-25)29-26(36)15-33-17-28-30-31-33/h5-11,17,19-20,25,35H,12-16H2,1-4H3,(H,29,36)/t19-,20+,25+/m0/s1. The van der Waals surface area contributed by atoms with Gasteiger partial charge in [-0.1, -0.05) is 24.6 Å². The van der Waals surface area contributed by atoms with Crippen molar-refractivity contribution in [3.63, 3.8) is 0 Å². The number of anilines is 1. The molecule has 0 saturated carbocycles. The van der Waals surface area contributed by atoms with Crippen molar-refractivity contribution in [3.8, 4) is 5.75 Å². The molecule has 3 aromatic rings. The number of rotatable bonds is 9. The van der Waals surface area contributed by atoms with E-state index in [1.54, 1.807) is 54.3 Å². The van der Waals surface area contributed by atoms with Crippen molar-refractivity contribution in [2.45, 2.75) is 50.8 Å². The summed E-state index contributed by atoms with van der Waals surface area (Å²) in [5, 5.41) is 23.3. The Morgan fingerprint density at radius 2 is 1.98 bits per heavy atom. The van der Waals surface area contributed by atoms with Gasteiger partial charge in [0.1, 0.15) is 24.7 Å². The zero-order chi connectivity index (χ0) is 29.7. The number of aromatic nitrogens is 4. The minimum absolute atomic E-state index is 0.0246. The van der Waals surface area contributed by atoms with Crippen LogP contribution in [-0.4, -0.2) is 93.6 Å². The first-order valence-corrected chi connectivity index (χ1v) is 14.7. The molecule has 14 heteroatoms. The first kappa shape index (κ1) is 30.1. The third-order valence-corrected chi connectivity index (χ3v) is 8.90. The topological polar surface area (TPSA) is 160 Å². The lowest BCUT2D eigenvalue weighted by atomic mass is 10.0. The molecule has 0 unspecified atom stereocenters. The number of ether oxygens (including phenoxy) is 1. The number of tetrazole rings is 1. The van der Waals surface area contributed by atoms with E-state index in [0.29, 0.717) is 17.0 Å². The van der Waals surface area contributed by atoms with Crippen LogP contribution >= 0.6 is 0 Å². The Bertz CT molecular complexity index is 1460. The first-order chi connectivity index (χ1) is 19.5. The zero-order valence-corrected chi connectivity index (χ0v) is 24.3. The summed E-state index contributed by atoms with van der Waals surface area (Å²) in [4.78, 5) is 27.7. The van der Waals surface area contributed by atoms with Gasteiger partial charge in [-0.15, -0.1) is 5.10 Å². The Morgan fingerprint density at radius 1 is 1.24 bits per heavy atom. The first-order valence-electron chi connectivity index (χ1n) is 13.2. The number of nitrogens with one attached hydrogen (secondary N) is 1. The van der Waals surface area contributed by atoms with Crippen molar-refractivity contribution < 1.29 is 27.9 Å². The molecular formula is C27H35N7O6S. The molecule has 0 spiro atoms. The number of fused-ring (bicyclic) bond motifs is 1. The van der Waals surface area contributed by atoms with Crippen molar-refractivity contribution in [1.29, 1.82) is 0 Å². The van der Waals surface area contributed by atoms with Crippen LogP contribution in [0.5, 0.6) is 5.75 Å². The molecule has 2 N–H and O–H groups in total. The van der Waals surface area contributed by atoms with Crippen LogP contribution in [0.2, 0.25) is 0 Å². The van der Waals surface area contributed by atoms with Gasteiger partial charge in [-0.2, -0.15) is 4.31 Å². The number of likely N-dealkylation sites (N-methyl/N-ethyl adjacent to an activating group) is 1. The second-order valence-corrected chi connectivity index (χ2v) is 12.4. The molecule has 220 valence electrons. The summed E-state index contributed by atoms with van der Waals surface area (Å²) in [6.45, 7) is 5.48. The lowest BCUT2D eigenvalue weighted by Gasteiger charge is -2.33. The molecule has 1 aliphatic heterocycles. The summed E-state index contributed by atoms with van der Waals surface area (Å²) in [5.41, 5.74) is 1.92. The maximum Gasteiger partial charge on any atom is 0.246 e. The fraction of sp³-hybridized carbons (Fsp3) is 0.444. The fourth-order valence-electron chi connectivity index (χ4n) is 4.57. The molecule has 3 atom stereocenters. The third-order valence-electron chi connectivity index (χ3n) is 7.06. The van der Waals surface area contributed by atoms with Crippen LogP contribution < -0.4 is 10.1 Å². The summed E-state index contributed by atoms with van der Waals surface area (Å²) in [6.07, 6.45) is 0.663. The van der Waals surface area contributed by atoms with Gasteiger partial charge in [0.15, 0.2) is 0 Å². The minimum Gasteiger partial charge on any atom is -0.488 e. The number of hydrogen-bond acceptors (Lipinski definition) is 9. The fourth-order valence-corrected chi connectivity index (χ4v) is 5.75. The van der Waals surface area contributed by atoms with Gasteiger partial charge >= 0.3 is 0 Å². The lowest BCUT2D eigenvalue weighted by Crippen LogP contribution is -2.48. The summed E-state index contributed by atoms with van der Waals surface area (Å²) in [6, 6.07) is 11.2. The highest BCUT2D eigenvalue weighted by Crippen LogP contribution is 2.30. The number of carbonyl (C=O) groups excluding carboxylic acids is 2. The van der Waals surface area contributed by atoms with Gasteiger partial charge in [0.25, 0.3) is 0 Å². The SMILES string of the molecule is Cc1ccc(S(=O)(=O)N(C)C[C@H]2Oc3ccc(NC(=O)Cn4cnnn4)cc3CC(=O)N([C@H](C)CO)C[C@@H]2C)cc1. The molecule has 0 saturated heterocycles. The Kier molecular flexibility index (Phi) is 9.35. The molecule has 0 aliphatic carbocycles. The van der Waals surface area contributed by atoms with Crippen molar-refractivity contribution in [2.24, 2.45) is 5.92 Å². The van der Waals surface area contributed by atoms with Gasteiger partial charge < -0.3 is 20.1 Å². The quantitative estimate of drug-likeness (QED) is 0.375. The van der Waals surface area contributed by atoms with E-state index in [2.05, 4.69) is 20.8 Å². The molecule has 0 bridgehead atoms. The largest absolute Gasteiger partial charge is 0.488 e. The zero-order valence-electron chi connectivity index (χ0n) is 23.5. The van der Waals surface area contributed by atoms with E-state index >= 15 is 0 Å². The smallest absolute Gasteiger partial charge is 0.246 e. The molecule has 1 aliphatic rings. The Morgan fingerprint density at radius 3 is 2.63 bits per heavy atom. The van der Waals surface area contributed by atoms with Crippen molar-refractivity contribution in [3.05, 3.63) is 59.9 Å². The number of aliphatic hydroxyl groups is 1. The number of amides is 2. The second-order valence-electron chi connectivity index (χ2n) is 10.4. The van der Waals surface area contributed by atoms with E-state index in [1.807, 2.05) is 13.8 Å². The van der Waals surface area contributed by atoms with Crippen LogP contribution in [-0.2, 0) is 32.6 Å². The van der Waals surface area contributed by atoms with Crippen LogP contribution in [0.15, 0.2) is 53.7 Å². The molecule has 2 heterocycles. The summed E-state index contributed by atoms with van der Waals surface area (Å²) in [5.74, 6) is -0.460. The summed E-state index contributed by atoms with van der Waals surface area (Å²) >= 11 is 0. The Labute approximate surface area is 239 Å². The number of sulfonamides is 1. The minimum atomic E-state index is -3.80. The highest BCUT2D eigenvalue weighted by Gasteiger charge is 2.33. The maximum atomic E-state index is 13.4. The molecule has 2 aromatic carbocycles. The molecule has 1 aromatic heterocycles. The molecule has 0 fully saturated rings. The normalized spacial score (nSPS) is 18.6. The van der Waals surface area contributed by atoms with E-state index in [9.17, 15) is 23.1 Å². The second kappa shape index (κ2) is 12.7. The third kappa shape index (κ3) is 7.26. The van der Waals surface area contributed by atoms with Crippen molar-refractivity contribution in [2.75, 3.05) is 32.1 Å². The average Bonchev–Trinajstić information content (AvgIpc) is 3.45. The van der Waals surface area contributed by atoms with E-state index in [0.717, 1.165) is 5.56 Å². The maximum absolute atomic E-state index is 13.4. The highest BCUT2D eigenvalue weighted by molar-refractivity contribution is 7.89. The molecule has 4 rings (SSSR count). The molecule has 0 radical (unpaired) electrons. The van der Waals surface area contributed by atoms with E-state index < -0.39 is 22.2 Å². The van der Waals surface area contributed by atoms with Crippen LogP contribution in [0.3, 0.4) is 0 Å². The van der Waals surface area contributed by atoms with Crippen LogP contribution in [0, 0.1) is 12.8 Å². The van der Waals surface area contributed by atoms with Gasteiger partial charge in [0.05, 0.1) is 30.5 Å². The van der Waals surface area contributed by atoms with Gasteiger partial charge in [0.2, 0.25) is 21.8 Å². The molecule has 13 nitrogen and oxygen atoms in total. The molecule has 2 amide bonds. The van der Waals surface area contributed by atoms with Gasteiger partial charge in [-0.05, 0) is 54.6 Å². The number of benzene rings is 2. The summed E-state index contributed by atoms with van der Waals surface area (Å²) < 4.78 is 35.6. The summed E-state index contributed by atoms with van der Waals surface area (Å²) in [7, 11) is -2.30. The number of nitrogens with zero attached hydrogens (tertiary/aromatic N) is 6. The Hall–Kier alpha value is -3.88. The predicted molar refractivity (Wildman–Crippen MR) is 149 cm³/mol. The van der Waals surface area contributed by atoms with Crippen LogP contribution in [0.25, 0.3) is 0 Å². The predicted octanol–water partition coefficient (Wildman–Crippen LogP) is 1.09. The average molecular weight is 586 g/mol. The van der Waals surface area contributed by atoms with Crippen molar-refractivity contribution in [1.82, 2.24) is 29.4 Å². The van der Waals surface area contributed by atoms with Gasteiger partial charge in [-0.3, -0.25) is 9.59 Å². The monoisotopic (exact) mass is 585 g/mol. The van der Waals surface area contributed by atoms with Crippen LogP contribution in [0.4, 0.5) is 5.69 Å². The number of aryl methyl sites for hydroxylation is 1. The van der Waals surface area contributed by atoms with Gasteiger partial charge in [0, 0.05) is 30.8 Å². The van der Waals surface area contributed by atoms with E-state index in [4.69, 9.17) is 4.74 Å². The molecular weight excluding hydrogens is 550 g/mol.